The number of pyridine rings is 1. The number of nitrogen functional groups attached to an aromatic ring is 1. The molecule has 3 N–H and O–H groups in total. The van der Waals surface area contributed by atoms with Crippen LogP contribution in [0, 0.1) is 0 Å². The van der Waals surface area contributed by atoms with Crippen molar-refractivity contribution >= 4 is 17.5 Å². The molecular weight excluding hydrogens is 282 g/mol. The zero-order chi connectivity index (χ0) is 15.9. The SMILES string of the molecule is COCCNc1ncc(-c2ccc(N)cc2)cc1C(=O)OC. The minimum Gasteiger partial charge on any atom is -0.465 e. The average Bonchev–Trinajstić information content (AvgIpc) is 2.55. The van der Waals surface area contributed by atoms with Crippen molar-refractivity contribution in [1.29, 1.82) is 0 Å². The van der Waals surface area contributed by atoms with Gasteiger partial charge in [0, 0.05) is 31.1 Å². The van der Waals surface area contributed by atoms with E-state index < -0.39 is 5.97 Å². The summed E-state index contributed by atoms with van der Waals surface area (Å²) in [6, 6.07) is 9.12. The fraction of sp³-hybridized carbons (Fsp3) is 0.250. The molecule has 2 aromatic rings. The van der Waals surface area contributed by atoms with E-state index in [0.717, 1.165) is 11.1 Å². The number of rotatable bonds is 6. The summed E-state index contributed by atoms with van der Waals surface area (Å²) in [6.07, 6.45) is 1.70. The maximum Gasteiger partial charge on any atom is 0.341 e. The van der Waals surface area contributed by atoms with Crippen LogP contribution < -0.4 is 11.1 Å². The first-order chi connectivity index (χ1) is 10.7. The van der Waals surface area contributed by atoms with Crippen molar-refractivity contribution < 1.29 is 14.3 Å². The van der Waals surface area contributed by atoms with Gasteiger partial charge in [0.05, 0.1) is 13.7 Å². The van der Waals surface area contributed by atoms with Gasteiger partial charge < -0.3 is 20.5 Å². The number of anilines is 2. The number of esters is 1. The van der Waals surface area contributed by atoms with Crippen molar-refractivity contribution in [2.45, 2.75) is 0 Å². The Kier molecular flexibility index (Phi) is 5.32. The Labute approximate surface area is 129 Å². The van der Waals surface area contributed by atoms with Gasteiger partial charge in [0.2, 0.25) is 0 Å². The highest BCUT2D eigenvalue weighted by Crippen LogP contribution is 2.24. The van der Waals surface area contributed by atoms with E-state index in [0.29, 0.717) is 30.2 Å². The first-order valence-corrected chi connectivity index (χ1v) is 6.82. The van der Waals surface area contributed by atoms with Crippen LogP contribution in [0.3, 0.4) is 0 Å². The highest BCUT2D eigenvalue weighted by atomic mass is 16.5. The summed E-state index contributed by atoms with van der Waals surface area (Å²) in [5, 5.41) is 3.06. The zero-order valence-corrected chi connectivity index (χ0v) is 12.6. The standard InChI is InChI=1S/C16H19N3O3/c1-21-8-7-18-15-14(16(20)22-2)9-12(10-19-15)11-3-5-13(17)6-4-11/h3-6,9-10H,7-8,17H2,1-2H3,(H,18,19). The molecule has 0 aliphatic rings. The fourth-order valence-electron chi connectivity index (χ4n) is 1.98. The third-order valence-corrected chi connectivity index (χ3v) is 3.14. The summed E-state index contributed by atoms with van der Waals surface area (Å²) < 4.78 is 9.80. The molecule has 1 aromatic heterocycles. The third-order valence-electron chi connectivity index (χ3n) is 3.14. The highest BCUT2D eigenvalue weighted by molar-refractivity contribution is 5.96. The molecule has 0 radical (unpaired) electrons. The first-order valence-electron chi connectivity index (χ1n) is 6.82. The van der Waals surface area contributed by atoms with E-state index >= 15 is 0 Å². The van der Waals surface area contributed by atoms with Gasteiger partial charge in [-0.1, -0.05) is 12.1 Å². The van der Waals surface area contributed by atoms with Gasteiger partial charge in [-0.2, -0.15) is 0 Å². The normalized spacial score (nSPS) is 10.3. The van der Waals surface area contributed by atoms with Gasteiger partial charge in [0.15, 0.2) is 0 Å². The number of nitrogens with one attached hydrogen (secondary N) is 1. The second-order valence-electron chi connectivity index (χ2n) is 4.65. The van der Waals surface area contributed by atoms with Crippen LogP contribution in [0.5, 0.6) is 0 Å². The summed E-state index contributed by atoms with van der Waals surface area (Å²) in [5.41, 5.74) is 8.49. The number of nitrogens with zero attached hydrogens (tertiary/aromatic N) is 1. The van der Waals surface area contributed by atoms with Crippen molar-refractivity contribution in [3.05, 3.63) is 42.1 Å². The van der Waals surface area contributed by atoms with E-state index in [4.69, 9.17) is 15.2 Å². The average molecular weight is 301 g/mol. The summed E-state index contributed by atoms with van der Waals surface area (Å²) in [5.74, 6) is 0.0350. The molecule has 2 rings (SSSR count). The monoisotopic (exact) mass is 301 g/mol. The number of benzene rings is 1. The first kappa shape index (κ1) is 15.8. The molecule has 0 amide bonds. The van der Waals surface area contributed by atoms with Crippen molar-refractivity contribution in [2.24, 2.45) is 0 Å². The summed E-state index contributed by atoms with van der Waals surface area (Å²) in [4.78, 5) is 16.3. The van der Waals surface area contributed by atoms with Crippen LogP contribution in [0.25, 0.3) is 11.1 Å². The Balaban J connectivity index is 2.34. The van der Waals surface area contributed by atoms with Crippen LogP contribution >= 0.6 is 0 Å². The van der Waals surface area contributed by atoms with Crippen molar-refractivity contribution in [3.8, 4) is 11.1 Å². The number of carbonyl (C=O) groups excluding carboxylic acids is 1. The lowest BCUT2D eigenvalue weighted by Gasteiger charge is -2.11. The summed E-state index contributed by atoms with van der Waals surface area (Å²) in [7, 11) is 2.96. The van der Waals surface area contributed by atoms with E-state index in [1.807, 2.05) is 12.1 Å². The number of nitrogens with two attached hydrogens (primary N) is 1. The van der Waals surface area contributed by atoms with E-state index in [1.165, 1.54) is 7.11 Å². The molecular formula is C16H19N3O3. The van der Waals surface area contributed by atoms with Crippen molar-refractivity contribution in [3.63, 3.8) is 0 Å². The molecule has 6 nitrogen and oxygen atoms in total. The third kappa shape index (κ3) is 3.73. The Bertz CT molecular complexity index is 642. The van der Waals surface area contributed by atoms with Crippen LogP contribution in [0.4, 0.5) is 11.5 Å². The maximum absolute atomic E-state index is 12.0. The Morgan fingerprint density at radius 1 is 1.23 bits per heavy atom. The van der Waals surface area contributed by atoms with Crippen molar-refractivity contribution in [1.82, 2.24) is 4.98 Å². The van der Waals surface area contributed by atoms with Gasteiger partial charge in [-0.3, -0.25) is 0 Å². The Morgan fingerprint density at radius 3 is 2.59 bits per heavy atom. The van der Waals surface area contributed by atoms with E-state index in [-0.39, 0.29) is 0 Å². The number of carbonyl (C=O) groups is 1. The molecule has 0 aliphatic carbocycles. The highest BCUT2D eigenvalue weighted by Gasteiger charge is 2.14. The predicted octanol–water partition coefficient (Wildman–Crippen LogP) is 2.18. The lowest BCUT2D eigenvalue weighted by Crippen LogP contribution is -2.14. The van der Waals surface area contributed by atoms with Crippen LogP contribution in [0.15, 0.2) is 36.5 Å². The van der Waals surface area contributed by atoms with Gasteiger partial charge in [-0.05, 0) is 23.8 Å². The molecule has 0 unspecified atom stereocenters. The summed E-state index contributed by atoms with van der Waals surface area (Å²) in [6.45, 7) is 1.07. The smallest absolute Gasteiger partial charge is 0.341 e. The molecule has 0 saturated heterocycles. The van der Waals surface area contributed by atoms with E-state index in [1.54, 1.807) is 31.5 Å². The number of hydrogen-bond donors (Lipinski definition) is 2. The minimum absolute atomic E-state index is 0.382. The molecule has 116 valence electrons. The molecule has 22 heavy (non-hydrogen) atoms. The van der Waals surface area contributed by atoms with Gasteiger partial charge in [-0.15, -0.1) is 0 Å². The van der Waals surface area contributed by atoms with E-state index in [9.17, 15) is 4.79 Å². The molecule has 1 aromatic carbocycles. The lowest BCUT2D eigenvalue weighted by atomic mass is 10.1. The molecule has 0 atom stereocenters. The van der Waals surface area contributed by atoms with Gasteiger partial charge in [-0.25, -0.2) is 9.78 Å². The van der Waals surface area contributed by atoms with E-state index in [2.05, 4.69) is 10.3 Å². The molecule has 6 heteroatoms. The number of methoxy groups -OCH3 is 2. The topological polar surface area (TPSA) is 86.5 Å². The van der Waals surface area contributed by atoms with Crippen molar-refractivity contribution in [2.75, 3.05) is 38.4 Å². The largest absolute Gasteiger partial charge is 0.465 e. The lowest BCUT2D eigenvalue weighted by molar-refractivity contribution is 0.0601. The van der Waals surface area contributed by atoms with Gasteiger partial charge in [0.1, 0.15) is 11.4 Å². The Morgan fingerprint density at radius 2 is 1.95 bits per heavy atom. The molecule has 0 aliphatic heterocycles. The number of aromatic nitrogens is 1. The Hall–Kier alpha value is -2.60. The van der Waals surface area contributed by atoms with Crippen LogP contribution in [0.2, 0.25) is 0 Å². The minimum atomic E-state index is -0.440. The zero-order valence-electron chi connectivity index (χ0n) is 12.6. The van der Waals surface area contributed by atoms with Crippen LogP contribution in [0.1, 0.15) is 10.4 Å². The molecule has 1 heterocycles. The fourth-order valence-corrected chi connectivity index (χ4v) is 1.98. The van der Waals surface area contributed by atoms with Gasteiger partial charge in [0.25, 0.3) is 0 Å². The predicted molar refractivity (Wildman–Crippen MR) is 85.8 cm³/mol. The second-order valence-corrected chi connectivity index (χ2v) is 4.65. The van der Waals surface area contributed by atoms with Crippen LogP contribution in [-0.4, -0.2) is 38.3 Å². The molecule has 0 spiro atoms. The summed E-state index contributed by atoms with van der Waals surface area (Å²) >= 11 is 0. The van der Waals surface area contributed by atoms with Crippen LogP contribution in [-0.2, 0) is 9.47 Å². The molecule has 0 fully saturated rings. The second kappa shape index (κ2) is 7.42. The number of hydrogen-bond acceptors (Lipinski definition) is 6. The molecule has 0 bridgehead atoms. The van der Waals surface area contributed by atoms with Gasteiger partial charge >= 0.3 is 5.97 Å². The number of ether oxygens (including phenoxy) is 2. The molecule has 0 saturated carbocycles. The quantitative estimate of drug-likeness (QED) is 0.483. The maximum atomic E-state index is 12.0.